The molecule has 0 radical (unpaired) electrons. The van der Waals surface area contributed by atoms with E-state index in [9.17, 15) is 22.8 Å². The number of hydrogen-bond donors (Lipinski definition) is 5. The first-order chi connectivity index (χ1) is 12.4. The maximum atomic E-state index is 11.7. The second-order valence-corrected chi connectivity index (χ2v) is 7.94. The highest BCUT2D eigenvalue weighted by molar-refractivity contribution is 7.89. The summed E-state index contributed by atoms with van der Waals surface area (Å²) in [4.78, 5) is 34.6. The van der Waals surface area contributed by atoms with E-state index >= 15 is 0 Å². The Hall–Kier alpha value is -2.86. The largest absolute Gasteiger partial charge is 0.444 e. The summed E-state index contributed by atoms with van der Waals surface area (Å²) in [6, 6.07) is 5.36. The number of sulfonamides is 1. The van der Waals surface area contributed by atoms with Gasteiger partial charge in [0.05, 0.1) is 17.1 Å². The molecule has 1 rings (SSSR count). The number of primary sulfonamides is 1. The van der Waals surface area contributed by atoms with Crippen molar-refractivity contribution in [3.8, 4) is 0 Å². The monoisotopic (exact) mass is 401 g/mol. The zero-order valence-electron chi connectivity index (χ0n) is 15.2. The van der Waals surface area contributed by atoms with Crippen molar-refractivity contribution < 1.29 is 27.5 Å². The maximum Gasteiger partial charge on any atom is 0.408 e. The molecule has 1 aromatic rings. The fourth-order valence-corrected chi connectivity index (χ4v) is 2.14. The first-order valence-corrected chi connectivity index (χ1v) is 9.33. The highest BCUT2D eigenvalue weighted by Gasteiger charge is 2.16. The molecule has 0 heterocycles. The van der Waals surface area contributed by atoms with Crippen molar-refractivity contribution in [2.75, 3.05) is 18.5 Å². The third kappa shape index (κ3) is 9.42. The Morgan fingerprint density at radius 1 is 1.00 bits per heavy atom. The molecule has 3 amide bonds. The van der Waals surface area contributed by atoms with Crippen molar-refractivity contribution in [3.05, 3.63) is 24.3 Å². The van der Waals surface area contributed by atoms with Gasteiger partial charge in [-0.05, 0) is 45.0 Å². The molecule has 0 aliphatic carbocycles. The third-order valence-corrected chi connectivity index (χ3v) is 3.70. The normalized spacial score (nSPS) is 11.3. The lowest BCUT2D eigenvalue weighted by Crippen LogP contribution is -2.44. The number of nitrogens with one attached hydrogen (secondary N) is 4. The van der Waals surface area contributed by atoms with Gasteiger partial charge in [-0.25, -0.2) is 18.4 Å². The van der Waals surface area contributed by atoms with E-state index in [0.29, 0.717) is 5.69 Å². The van der Waals surface area contributed by atoms with Gasteiger partial charge < -0.3 is 15.4 Å². The Morgan fingerprint density at radius 2 is 1.56 bits per heavy atom. The average molecular weight is 401 g/mol. The summed E-state index contributed by atoms with van der Waals surface area (Å²) in [7, 11) is -3.79. The Kier molecular flexibility index (Phi) is 7.55. The Bertz CT molecular complexity index is 786. The van der Waals surface area contributed by atoms with Crippen LogP contribution in [0.2, 0.25) is 0 Å². The van der Waals surface area contributed by atoms with Crippen LogP contribution in [0.15, 0.2) is 29.2 Å². The summed E-state index contributed by atoms with van der Waals surface area (Å²) in [5.41, 5.74) is 4.59. The van der Waals surface area contributed by atoms with Gasteiger partial charge in [0.25, 0.3) is 5.91 Å². The number of anilines is 1. The lowest BCUT2D eigenvalue weighted by Gasteiger charge is -2.19. The molecule has 0 unspecified atom stereocenters. The van der Waals surface area contributed by atoms with E-state index in [4.69, 9.17) is 9.88 Å². The summed E-state index contributed by atoms with van der Waals surface area (Å²) in [6.45, 7) is 4.38. The van der Waals surface area contributed by atoms with Crippen LogP contribution in [-0.4, -0.2) is 45.0 Å². The molecule has 12 heteroatoms. The molecule has 0 fully saturated rings. The van der Waals surface area contributed by atoms with Crippen molar-refractivity contribution in [3.63, 3.8) is 0 Å². The maximum absolute atomic E-state index is 11.7. The van der Waals surface area contributed by atoms with Gasteiger partial charge >= 0.3 is 6.09 Å². The Balaban J connectivity index is 2.31. The molecule has 0 bridgehead atoms. The van der Waals surface area contributed by atoms with Crippen LogP contribution in [0.3, 0.4) is 0 Å². The number of amides is 3. The van der Waals surface area contributed by atoms with E-state index in [1.807, 2.05) is 0 Å². The first kappa shape index (κ1) is 22.2. The number of nitrogens with two attached hydrogens (primary N) is 1. The number of carbonyl (C=O) groups is 3. The summed E-state index contributed by atoms with van der Waals surface area (Å²) in [5.74, 6) is -1.13. The lowest BCUT2D eigenvalue weighted by molar-refractivity contribution is -0.125. The number of benzene rings is 1. The third-order valence-electron chi connectivity index (χ3n) is 2.77. The van der Waals surface area contributed by atoms with Crippen LogP contribution in [0.1, 0.15) is 20.8 Å². The molecule has 150 valence electrons. The summed E-state index contributed by atoms with van der Waals surface area (Å²) >= 11 is 0. The topological polar surface area (TPSA) is 169 Å². The zero-order valence-corrected chi connectivity index (χ0v) is 16.0. The van der Waals surface area contributed by atoms with Crippen LogP contribution in [0.25, 0.3) is 0 Å². The highest BCUT2D eigenvalue weighted by atomic mass is 32.2. The number of rotatable bonds is 7. The predicted molar refractivity (Wildman–Crippen MR) is 96.8 cm³/mol. The summed E-state index contributed by atoms with van der Waals surface area (Å²) < 4.78 is 27.2. The molecular weight excluding hydrogens is 378 g/mol. The van der Waals surface area contributed by atoms with E-state index in [1.165, 1.54) is 24.3 Å². The van der Waals surface area contributed by atoms with Gasteiger partial charge in [-0.15, -0.1) is 0 Å². The van der Waals surface area contributed by atoms with Gasteiger partial charge in [-0.1, -0.05) is 0 Å². The van der Waals surface area contributed by atoms with Crippen molar-refractivity contribution in [1.82, 2.24) is 16.1 Å². The molecule has 0 aromatic heterocycles. The van der Waals surface area contributed by atoms with E-state index in [1.54, 1.807) is 20.8 Å². The van der Waals surface area contributed by atoms with Crippen molar-refractivity contribution in [1.29, 1.82) is 0 Å². The van der Waals surface area contributed by atoms with Gasteiger partial charge in [-0.2, -0.15) is 0 Å². The molecule has 0 aliphatic heterocycles. The number of carbonyl (C=O) groups excluding carboxylic acids is 3. The molecule has 0 spiro atoms. The molecule has 0 atom stereocenters. The van der Waals surface area contributed by atoms with Crippen LogP contribution in [0.4, 0.5) is 10.5 Å². The predicted octanol–water partition coefficient (Wildman–Crippen LogP) is -0.582. The SMILES string of the molecule is CC(C)(C)OC(=O)NCC(=O)NCC(=O)NNc1ccc(S(N)(=O)=O)cc1. The number of alkyl carbamates (subject to hydrolysis) is 1. The molecule has 0 aliphatic rings. The molecule has 27 heavy (non-hydrogen) atoms. The second kappa shape index (κ2) is 9.19. The molecule has 6 N–H and O–H groups in total. The van der Waals surface area contributed by atoms with Gasteiger partial charge in [0.2, 0.25) is 15.9 Å². The van der Waals surface area contributed by atoms with Gasteiger partial charge in [0.15, 0.2) is 0 Å². The standard InChI is InChI=1S/C15H23N5O6S/c1-15(2,3)26-14(23)18-8-12(21)17-9-13(22)20-19-10-4-6-11(7-5-10)27(16,24)25/h4-7,19H,8-9H2,1-3H3,(H,17,21)(H,18,23)(H,20,22)(H2,16,24,25). The van der Waals surface area contributed by atoms with Crippen molar-refractivity contribution in [2.24, 2.45) is 5.14 Å². The molecule has 1 aromatic carbocycles. The van der Waals surface area contributed by atoms with E-state index < -0.39 is 33.5 Å². The van der Waals surface area contributed by atoms with E-state index in [0.717, 1.165) is 0 Å². The van der Waals surface area contributed by atoms with Crippen molar-refractivity contribution >= 4 is 33.6 Å². The molecule has 11 nitrogen and oxygen atoms in total. The summed E-state index contributed by atoms with van der Waals surface area (Å²) in [6.07, 6.45) is -0.744. The highest BCUT2D eigenvalue weighted by Crippen LogP contribution is 2.11. The number of ether oxygens (including phenoxy) is 1. The van der Waals surface area contributed by atoms with Gasteiger partial charge in [0, 0.05) is 0 Å². The van der Waals surface area contributed by atoms with Crippen LogP contribution < -0.4 is 26.6 Å². The van der Waals surface area contributed by atoms with E-state index in [-0.39, 0.29) is 18.0 Å². The first-order valence-electron chi connectivity index (χ1n) is 7.78. The fraction of sp³-hybridized carbons (Fsp3) is 0.400. The van der Waals surface area contributed by atoms with Crippen LogP contribution >= 0.6 is 0 Å². The minimum Gasteiger partial charge on any atom is -0.444 e. The minimum atomic E-state index is -3.79. The fourth-order valence-electron chi connectivity index (χ4n) is 1.62. The summed E-state index contributed by atoms with van der Waals surface area (Å²) in [5, 5.41) is 9.54. The number of hydrogen-bond acceptors (Lipinski definition) is 7. The average Bonchev–Trinajstić information content (AvgIpc) is 2.54. The van der Waals surface area contributed by atoms with Crippen LogP contribution in [-0.2, 0) is 24.3 Å². The Morgan fingerprint density at radius 3 is 2.07 bits per heavy atom. The Labute approximate surface area is 157 Å². The minimum absolute atomic E-state index is 0.0656. The second-order valence-electron chi connectivity index (χ2n) is 6.37. The van der Waals surface area contributed by atoms with Crippen LogP contribution in [0, 0.1) is 0 Å². The quantitative estimate of drug-likeness (QED) is 0.381. The molecular formula is C15H23N5O6S. The van der Waals surface area contributed by atoms with Gasteiger partial charge in [-0.3, -0.25) is 20.4 Å². The number of hydrazine groups is 1. The molecule has 0 saturated carbocycles. The zero-order chi connectivity index (χ0) is 20.7. The van der Waals surface area contributed by atoms with E-state index in [2.05, 4.69) is 21.5 Å². The smallest absolute Gasteiger partial charge is 0.408 e. The lowest BCUT2D eigenvalue weighted by atomic mass is 10.2. The molecule has 0 saturated heterocycles. The van der Waals surface area contributed by atoms with Crippen molar-refractivity contribution in [2.45, 2.75) is 31.3 Å². The van der Waals surface area contributed by atoms with Crippen LogP contribution in [0.5, 0.6) is 0 Å². The van der Waals surface area contributed by atoms with Gasteiger partial charge in [0.1, 0.15) is 12.1 Å².